The summed E-state index contributed by atoms with van der Waals surface area (Å²) < 4.78 is 40.6. The van der Waals surface area contributed by atoms with Gasteiger partial charge < -0.3 is 4.90 Å². The molecule has 1 aromatic heterocycles. The molecule has 0 fully saturated rings. The Morgan fingerprint density at radius 1 is 1.07 bits per heavy atom. The lowest BCUT2D eigenvalue weighted by Gasteiger charge is -2.18. The highest BCUT2D eigenvalue weighted by Gasteiger charge is 2.26. The van der Waals surface area contributed by atoms with Gasteiger partial charge in [-0.3, -0.25) is 14.5 Å². The number of nitrogens with one attached hydrogen (secondary N) is 1. The Kier molecular flexibility index (Phi) is 5.02. The van der Waals surface area contributed by atoms with Crippen LogP contribution in [0.4, 0.5) is 15.8 Å². The molecule has 2 aromatic carbocycles. The number of pyridine rings is 1. The van der Waals surface area contributed by atoms with Crippen LogP contribution in [0.3, 0.4) is 0 Å². The smallest absolute Gasteiger partial charge is 0.258 e. The predicted molar refractivity (Wildman–Crippen MR) is 109 cm³/mol. The summed E-state index contributed by atoms with van der Waals surface area (Å²) in [6.07, 6.45) is 3.82. The maximum atomic E-state index is 13.0. The molecule has 1 amide bonds. The average molecular weight is 411 g/mol. The minimum atomic E-state index is -3.69. The highest BCUT2D eigenvalue weighted by molar-refractivity contribution is 7.91. The third-order valence-electron chi connectivity index (χ3n) is 4.70. The molecule has 1 aliphatic heterocycles. The molecule has 1 N–H and O–H groups in total. The zero-order chi connectivity index (χ0) is 20.4. The van der Waals surface area contributed by atoms with Crippen LogP contribution >= 0.6 is 0 Å². The molecule has 0 atom stereocenters. The van der Waals surface area contributed by atoms with Crippen LogP contribution in [0, 0.1) is 5.82 Å². The van der Waals surface area contributed by atoms with Crippen LogP contribution in [-0.2, 0) is 22.2 Å². The van der Waals surface area contributed by atoms with Gasteiger partial charge in [-0.05, 0) is 53.9 Å². The lowest BCUT2D eigenvalue weighted by molar-refractivity contribution is 0.0989. The van der Waals surface area contributed by atoms with E-state index in [-0.39, 0.29) is 11.7 Å². The van der Waals surface area contributed by atoms with E-state index in [2.05, 4.69) is 9.71 Å². The van der Waals surface area contributed by atoms with Crippen molar-refractivity contribution in [1.29, 1.82) is 0 Å². The van der Waals surface area contributed by atoms with Crippen molar-refractivity contribution in [2.75, 3.05) is 16.2 Å². The Bertz CT molecular complexity index is 1150. The summed E-state index contributed by atoms with van der Waals surface area (Å²) in [5, 5.41) is 0. The monoisotopic (exact) mass is 411 g/mol. The summed E-state index contributed by atoms with van der Waals surface area (Å²) in [4.78, 5) is 18.4. The van der Waals surface area contributed by atoms with E-state index in [4.69, 9.17) is 0 Å². The van der Waals surface area contributed by atoms with Crippen LogP contribution in [0.1, 0.15) is 21.5 Å². The molecule has 148 valence electrons. The number of nitrogens with zero attached hydrogens (tertiary/aromatic N) is 2. The van der Waals surface area contributed by atoms with Crippen LogP contribution < -0.4 is 9.62 Å². The number of hydrogen-bond acceptors (Lipinski definition) is 4. The van der Waals surface area contributed by atoms with Crippen LogP contribution in [0.5, 0.6) is 0 Å². The quantitative estimate of drug-likeness (QED) is 0.698. The third-order valence-corrected chi connectivity index (χ3v) is 5.96. The molecule has 3 aromatic rings. The number of benzene rings is 2. The predicted octanol–water partition coefficient (Wildman–Crippen LogP) is 3.37. The Hall–Kier alpha value is -3.26. The van der Waals surface area contributed by atoms with Crippen LogP contribution in [0.25, 0.3) is 0 Å². The summed E-state index contributed by atoms with van der Waals surface area (Å²) in [6.45, 7) is 0.530. The molecule has 1 aliphatic rings. The van der Waals surface area contributed by atoms with E-state index in [9.17, 15) is 17.6 Å². The van der Waals surface area contributed by atoms with Gasteiger partial charge in [0, 0.05) is 30.2 Å². The standard InChI is InChI=1S/C21H18FN3O3S/c22-18-4-1-15(2-5-18)14-29(27,28)24-19-6-3-16-9-12-25(20(16)13-19)21(26)17-7-10-23-11-8-17/h1-8,10-11,13,24H,9,12,14H2. The van der Waals surface area contributed by atoms with Gasteiger partial charge in [0.1, 0.15) is 5.82 Å². The van der Waals surface area contributed by atoms with E-state index in [1.54, 1.807) is 41.6 Å². The van der Waals surface area contributed by atoms with Gasteiger partial charge in [-0.15, -0.1) is 0 Å². The normalized spacial score (nSPS) is 13.2. The first-order valence-corrected chi connectivity index (χ1v) is 10.7. The maximum Gasteiger partial charge on any atom is 0.258 e. The molecule has 4 rings (SSSR count). The molecule has 29 heavy (non-hydrogen) atoms. The number of aromatic nitrogens is 1. The molecule has 6 nitrogen and oxygen atoms in total. The Balaban J connectivity index is 1.55. The van der Waals surface area contributed by atoms with E-state index < -0.39 is 15.8 Å². The minimum absolute atomic E-state index is 0.155. The molecule has 0 radical (unpaired) electrons. The molecular weight excluding hydrogens is 393 g/mol. The molecule has 0 bridgehead atoms. The number of sulfonamides is 1. The molecule has 8 heteroatoms. The summed E-state index contributed by atoms with van der Waals surface area (Å²) >= 11 is 0. The van der Waals surface area contributed by atoms with E-state index >= 15 is 0 Å². The van der Waals surface area contributed by atoms with Gasteiger partial charge in [0.05, 0.1) is 11.4 Å². The number of hydrogen-bond donors (Lipinski definition) is 1. The molecule has 0 spiro atoms. The average Bonchev–Trinajstić information content (AvgIpc) is 3.12. The minimum Gasteiger partial charge on any atom is -0.308 e. The van der Waals surface area contributed by atoms with Crippen molar-refractivity contribution in [1.82, 2.24) is 4.98 Å². The Labute approximate surface area is 168 Å². The lowest BCUT2D eigenvalue weighted by Crippen LogP contribution is -2.29. The van der Waals surface area contributed by atoms with Gasteiger partial charge in [-0.1, -0.05) is 18.2 Å². The zero-order valence-electron chi connectivity index (χ0n) is 15.4. The second kappa shape index (κ2) is 7.63. The fourth-order valence-electron chi connectivity index (χ4n) is 3.32. The fourth-order valence-corrected chi connectivity index (χ4v) is 4.51. The second-order valence-electron chi connectivity index (χ2n) is 6.77. The number of rotatable bonds is 5. The van der Waals surface area contributed by atoms with Gasteiger partial charge in [-0.25, -0.2) is 12.8 Å². The summed E-state index contributed by atoms with van der Waals surface area (Å²) in [6, 6.07) is 13.8. The maximum absolute atomic E-state index is 13.0. The lowest BCUT2D eigenvalue weighted by atomic mass is 10.1. The third kappa shape index (κ3) is 4.27. The zero-order valence-corrected chi connectivity index (χ0v) is 16.2. The van der Waals surface area contributed by atoms with Gasteiger partial charge in [0.15, 0.2) is 0 Å². The molecular formula is C21H18FN3O3S. The Morgan fingerprint density at radius 3 is 2.52 bits per heavy atom. The van der Waals surface area contributed by atoms with E-state index in [1.807, 2.05) is 6.07 Å². The van der Waals surface area contributed by atoms with Crippen molar-refractivity contribution < 1.29 is 17.6 Å². The number of fused-ring (bicyclic) bond motifs is 1. The highest BCUT2D eigenvalue weighted by Crippen LogP contribution is 2.32. The number of amides is 1. The Morgan fingerprint density at radius 2 is 1.79 bits per heavy atom. The van der Waals surface area contributed by atoms with E-state index in [0.717, 1.165) is 5.56 Å². The number of anilines is 2. The summed E-state index contributed by atoms with van der Waals surface area (Å²) in [5.74, 6) is -0.849. The van der Waals surface area contributed by atoms with Crippen LogP contribution in [0.2, 0.25) is 0 Å². The number of carbonyl (C=O) groups excluding carboxylic acids is 1. The fraction of sp³-hybridized carbons (Fsp3) is 0.143. The number of halogens is 1. The molecule has 0 unspecified atom stereocenters. The van der Waals surface area contributed by atoms with Gasteiger partial charge in [0.25, 0.3) is 5.91 Å². The van der Waals surface area contributed by atoms with Crippen molar-refractivity contribution in [3.05, 3.63) is 89.5 Å². The molecule has 2 heterocycles. The van der Waals surface area contributed by atoms with Gasteiger partial charge in [-0.2, -0.15) is 0 Å². The topological polar surface area (TPSA) is 79.4 Å². The first-order chi connectivity index (χ1) is 13.9. The van der Waals surface area contributed by atoms with Gasteiger partial charge >= 0.3 is 0 Å². The first-order valence-electron chi connectivity index (χ1n) is 9.01. The van der Waals surface area contributed by atoms with Crippen LogP contribution in [-0.4, -0.2) is 25.9 Å². The van der Waals surface area contributed by atoms with Crippen molar-refractivity contribution in [3.8, 4) is 0 Å². The molecule has 0 saturated heterocycles. The van der Waals surface area contributed by atoms with Crippen LogP contribution in [0.15, 0.2) is 67.0 Å². The molecule has 0 saturated carbocycles. The van der Waals surface area contributed by atoms with Gasteiger partial charge in [0.2, 0.25) is 10.0 Å². The molecule has 0 aliphatic carbocycles. The second-order valence-corrected chi connectivity index (χ2v) is 8.50. The van der Waals surface area contributed by atoms with Crippen molar-refractivity contribution >= 4 is 27.3 Å². The van der Waals surface area contributed by atoms with Crippen molar-refractivity contribution in [3.63, 3.8) is 0 Å². The first kappa shape index (κ1) is 19.1. The van der Waals surface area contributed by atoms with Crippen molar-refractivity contribution in [2.24, 2.45) is 0 Å². The SMILES string of the molecule is O=C(c1ccncc1)N1CCc2ccc(NS(=O)(=O)Cc3ccc(F)cc3)cc21. The summed E-state index contributed by atoms with van der Waals surface area (Å²) in [7, 11) is -3.69. The van der Waals surface area contributed by atoms with E-state index in [0.29, 0.717) is 35.5 Å². The number of carbonyl (C=O) groups is 1. The van der Waals surface area contributed by atoms with E-state index in [1.165, 1.54) is 24.3 Å². The highest BCUT2D eigenvalue weighted by atomic mass is 32.2. The summed E-state index contributed by atoms with van der Waals surface area (Å²) in [5.41, 5.74) is 3.05. The van der Waals surface area contributed by atoms with Crippen molar-refractivity contribution in [2.45, 2.75) is 12.2 Å². The largest absolute Gasteiger partial charge is 0.308 e.